The molecule has 1 saturated heterocycles. The topological polar surface area (TPSA) is 136 Å². The summed E-state index contributed by atoms with van der Waals surface area (Å²) >= 11 is 0. The second-order valence-corrected chi connectivity index (χ2v) is 3.26. The third-order valence-electron chi connectivity index (χ3n) is 2.29. The van der Waals surface area contributed by atoms with Gasteiger partial charge in [-0.3, -0.25) is 4.79 Å². The molecule has 1 unspecified atom stereocenters. The lowest BCUT2D eigenvalue weighted by Gasteiger charge is -2.40. The highest BCUT2D eigenvalue weighted by atomic mass is 16.6. The summed E-state index contributed by atoms with van der Waals surface area (Å²) in [5, 5.41) is 31.1. The lowest BCUT2D eigenvalue weighted by molar-refractivity contribution is -0.227. The number of nitrogens with zero attached hydrogens (tertiary/aromatic N) is 3. The number of aliphatic hydroxyl groups excluding tert-OH is 3. The summed E-state index contributed by atoms with van der Waals surface area (Å²) in [5.74, 6) is -0.737. The van der Waals surface area contributed by atoms with Gasteiger partial charge in [-0.05, 0) is 17.6 Å². The largest absolute Gasteiger partial charge is 0.388 e. The molecule has 0 radical (unpaired) electrons. The average molecular weight is 217 g/mol. The van der Waals surface area contributed by atoms with Crippen molar-refractivity contribution in [3.05, 3.63) is 10.4 Å². The minimum atomic E-state index is -2.15. The monoisotopic (exact) mass is 217 g/mol. The molecule has 15 heavy (non-hydrogen) atoms. The van der Waals surface area contributed by atoms with E-state index in [1.165, 1.54) is 0 Å². The van der Waals surface area contributed by atoms with E-state index in [1.807, 2.05) is 0 Å². The first-order valence-electron chi connectivity index (χ1n) is 4.21. The van der Waals surface area contributed by atoms with Crippen LogP contribution in [-0.2, 0) is 9.53 Å². The van der Waals surface area contributed by atoms with E-state index in [1.54, 1.807) is 0 Å². The van der Waals surface area contributed by atoms with Crippen LogP contribution in [0.3, 0.4) is 0 Å². The minimum absolute atomic E-state index is 0.392. The Bertz CT molecular complexity index is 312. The predicted molar refractivity (Wildman–Crippen MR) is 46.5 cm³/mol. The fraction of sp³-hybridized carbons (Fsp3) is 0.857. The van der Waals surface area contributed by atoms with Gasteiger partial charge in [0.25, 0.3) is 0 Å². The maximum atomic E-state index is 11.2. The zero-order valence-electron chi connectivity index (χ0n) is 7.94. The lowest BCUT2D eigenvalue weighted by atomic mass is 9.92. The molecule has 0 aromatic rings. The Hall–Kier alpha value is -1.18. The summed E-state index contributed by atoms with van der Waals surface area (Å²) in [6.07, 6.45) is -4.69. The Labute approximate surface area is 84.7 Å². The second-order valence-electron chi connectivity index (χ2n) is 3.26. The molecule has 0 amide bonds. The van der Waals surface area contributed by atoms with Crippen LogP contribution in [0.1, 0.15) is 6.92 Å². The predicted octanol–water partition coefficient (Wildman–Crippen LogP) is -1.31. The summed E-state index contributed by atoms with van der Waals surface area (Å²) in [7, 11) is 0. The first-order chi connectivity index (χ1) is 6.95. The molecule has 0 saturated carbocycles. The van der Waals surface area contributed by atoms with Crippen molar-refractivity contribution in [1.29, 1.82) is 0 Å². The van der Waals surface area contributed by atoms with Crippen LogP contribution in [0.15, 0.2) is 5.11 Å². The first-order valence-corrected chi connectivity index (χ1v) is 4.21. The molecular formula is C7H11N3O5. The summed E-state index contributed by atoms with van der Waals surface area (Å²) in [6, 6.07) is 0. The standard InChI is InChI=1S/C7H11N3O5/c1-3(11)7(9-10-8)6(14)5(13)4(12)2-15-7/h4-6,12-14H,2H2,1H3/t4-,5-,6+,7?/m1/s1. The van der Waals surface area contributed by atoms with Gasteiger partial charge in [-0.2, -0.15) is 0 Å². The number of azide groups is 1. The SMILES string of the molecule is CC(=O)C1(N=[N+]=[N-])OC[C@@H](O)[C@@H](O)[C@@H]1O. The number of aliphatic hydroxyl groups is 3. The van der Waals surface area contributed by atoms with Gasteiger partial charge in [-0.25, -0.2) is 0 Å². The number of rotatable bonds is 2. The highest BCUT2D eigenvalue weighted by Gasteiger charge is 2.52. The van der Waals surface area contributed by atoms with E-state index >= 15 is 0 Å². The van der Waals surface area contributed by atoms with Crippen molar-refractivity contribution >= 4 is 5.78 Å². The fourth-order valence-electron chi connectivity index (χ4n) is 1.37. The van der Waals surface area contributed by atoms with Crippen molar-refractivity contribution in [2.75, 3.05) is 6.61 Å². The number of hydrogen-bond donors (Lipinski definition) is 3. The normalized spacial score (nSPS) is 40.7. The molecule has 0 aromatic heterocycles. The number of carbonyl (C=O) groups is 1. The van der Waals surface area contributed by atoms with Crippen LogP contribution in [0.2, 0.25) is 0 Å². The third kappa shape index (κ3) is 1.81. The molecule has 8 nitrogen and oxygen atoms in total. The molecule has 4 atom stereocenters. The average Bonchev–Trinajstić information content (AvgIpc) is 2.19. The molecule has 84 valence electrons. The molecule has 0 aliphatic carbocycles. The molecule has 3 N–H and O–H groups in total. The van der Waals surface area contributed by atoms with E-state index in [9.17, 15) is 15.0 Å². The van der Waals surface area contributed by atoms with Gasteiger partial charge in [0, 0.05) is 4.91 Å². The van der Waals surface area contributed by atoms with Crippen molar-refractivity contribution in [2.45, 2.75) is 31.0 Å². The number of Topliss-reactive ketones (excluding diaryl/α,β-unsaturated/α-hetero) is 1. The third-order valence-corrected chi connectivity index (χ3v) is 2.29. The van der Waals surface area contributed by atoms with Crippen molar-refractivity contribution in [2.24, 2.45) is 5.11 Å². The Balaban J connectivity index is 3.09. The summed E-state index contributed by atoms with van der Waals surface area (Å²) in [4.78, 5) is 13.6. The van der Waals surface area contributed by atoms with Crippen molar-refractivity contribution < 1.29 is 24.9 Å². The van der Waals surface area contributed by atoms with E-state index < -0.39 is 36.4 Å². The molecule has 1 heterocycles. The molecule has 0 aromatic carbocycles. The van der Waals surface area contributed by atoms with E-state index in [4.69, 9.17) is 15.4 Å². The van der Waals surface area contributed by atoms with Crippen LogP contribution >= 0.6 is 0 Å². The zero-order chi connectivity index (χ0) is 11.6. The highest BCUT2D eigenvalue weighted by Crippen LogP contribution is 2.28. The molecule has 1 aliphatic heterocycles. The smallest absolute Gasteiger partial charge is 0.233 e. The first kappa shape index (κ1) is 11.9. The number of carbonyl (C=O) groups excluding carboxylic acids is 1. The van der Waals surface area contributed by atoms with Gasteiger partial charge in [0.15, 0.2) is 5.78 Å². The molecule has 8 heteroatoms. The van der Waals surface area contributed by atoms with Crippen LogP contribution in [0.4, 0.5) is 0 Å². The van der Waals surface area contributed by atoms with Gasteiger partial charge in [0.05, 0.1) is 6.61 Å². The summed E-state index contributed by atoms with van der Waals surface area (Å²) in [5.41, 5.74) is 6.13. The van der Waals surface area contributed by atoms with Crippen LogP contribution in [0, 0.1) is 0 Å². The zero-order valence-corrected chi connectivity index (χ0v) is 7.94. The highest BCUT2D eigenvalue weighted by molar-refractivity contribution is 5.85. The second kappa shape index (κ2) is 4.13. The van der Waals surface area contributed by atoms with Gasteiger partial charge in [-0.1, -0.05) is 0 Å². The Morgan fingerprint density at radius 1 is 1.60 bits per heavy atom. The summed E-state index contributed by atoms with van der Waals surface area (Å²) < 4.78 is 4.83. The van der Waals surface area contributed by atoms with Crippen LogP contribution in [-0.4, -0.2) is 51.7 Å². The Morgan fingerprint density at radius 2 is 2.20 bits per heavy atom. The Morgan fingerprint density at radius 3 is 2.67 bits per heavy atom. The molecule has 1 aliphatic rings. The van der Waals surface area contributed by atoms with E-state index in [2.05, 4.69) is 10.0 Å². The van der Waals surface area contributed by atoms with Crippen molar-refractivity contribution in [3.8, 4) is 0 Å². The van der Waals surface area contributed by atoms with Gasteiger partial charge in [-0.15, -0.1) is 0 Å². The van der Waals surface area contributed by atoms with Crippen LogP contribution < -0.4 is 0 Å². The molecule has 1 fully saturated rings. The number of ketones is 1. The van der Waals surface area contributed by atoms with Gasteiger partial charge < -0.3 is 20.1 Å². The fourth-order valence-corrected chi connectivity index (χ4v) is 1.37. The quantitative estimate of drug-likeness (QED) is 0.300. The number of ether oxygens (including phenoxy) is 1. The van der Waals surface area contributed by atoms with E-state index in [0.717, 1.165) is 6.92 Å². The van der Waals surface area contributed by atoms with Crippen molar-refractivity contribution in [3.63, 3.8) is 0 Å². The number of hydrogen-bond acceptors (Lipinski definition) is 6. The molecule has 0 bridgehead atoms. The molecular weight excluding hydrogens is 206 g/mol. The van der Waals surface area contributed by atoms with Gasteiger partial charge in [0.2, 0.25) is 5.72 Å². The van der Waals surface area contributed by atoms with E-state index in [-0.39, 0.29) is 0 Å². The van der Waals surface area contributed by atoms with Gasteiger partial charge in [0.1, 0.15) is 18.3 Å². The van der Waals surface area contributed by atoms with Gasteiger partial charge >= 0.3 is 0 Å². The molecule has 1 rings (SSSR count). The minimum Gasteiger partial charge on any atom is -0.388 e. The maximum Gasteiger partial charge on any atom is 0.233 e. The van der Waals surface area contributed by atoms with Crippen molar-refractivity contribution in [1.82, 2.24) is 0 Å². The van der Waals surface area contributed by atoms with Crippen LogP contribution in [0.25, 0.3) is 10.4 Å². The summed E-state index contributed by atoms with van der Waals surface area (Å²) in [6.45, 7) is 0.666. The molecule has 0 spiro atoms. The maximum absolute atomic E-state index is 11.2. The lowest BCUT2D eigenvalue weighted by Crippen LogP contribution is -2.62. The Kier molecular flexibility index (Phi) is 3.28. The van der Waals surface area contributed by atoms with E-state index in [0.29, 0.717) is 0 Å². The van der Waals surface area contributed by atoms with Crippen LogP contribution in [0.5, 0.6) is 0 Å².